The predicted octanol–water partition coefficient (Wildman–Crippen LogP) is 2.81. The number of carboxylic acids is 1. The smallest absolute Gasteiger partial charge is 0.326 e. The van der Waals surface area contributed by atoms with E-state index >= 15 is 0 Å². The molecule has 0 radical (unpaired) electrons. The fourth-order valence-corrected chi connectivity index (χ4v) is 6.03. The number of carboxylic acid groups (broad SMARTS) is 1. The number of carbonyl (C=O) groups is 5. The molecule has 1 heterocycles. The summed E-state index contributed by atoms with van der Waals surface area (Å²) in [7, 11) is 0. The van der Waals surface area contributed by atoms with Crippen molar-refractivity contribution in [3.8, 4) is 0 Å². The summed E-state index contributed by atoms with van der Waals surface area (Å²) < 4.78 is 0. The number of aromatic amines is 1. The van der Waals surface area contributed by atoms with Crippen LogP contribution in [0.1, 0.15) is 29.2 Å². The van der Waals surface area contributed by atoms with Crippen molar-refractivity contribution in [3.63, 3.8) is 0 Å². The monoisotopic (exact) mass is 716 g/mol. The van der Waals surface area contributed by atoms with Crippen molar-refractivity contribution in [2.24, 2.45) is 5.73 Å². The zero-order valence-electron chi connectivity index (χ0n) is 29.3. The van der Waals surface area contributed by atoms with Crippen molar-refractivity contribution in [2.75, 3.05) is 0 Å². The maximum absolute atomic E-state index is 14.0. The molecule has 5 atom stereocenters. The number of aromatic nitrogens is 1. The average molecular weight is 717 g/mol. The zero-order chi connectivity index (χ0) is 37.7. The summed E-state index contributed by atoms with van der Waals surface area (Å²) in [6, 6.07) is 29.0. The normalized spacial score (nSPS) is 13.8. The lowest BCUT2D eigenvalue weighted by Gasteiger charge is -2.26. The van der Waals surface area contributed by atoms with Gasteiger partial charge in [0.1, 0.15) is 24.2 Å². The number of carbonyl (C=O) groups excluding carboxylic acids is 4. The molecular weight excluding hydrogens is 672 g/mol. The molecule has 0 aliphatic carbocycles. The minimum atomic E-state index is -1.26. The molecule has 274 valence electrons. The second-order valence-corrected chi connectivity index (χ2v) is 13.0. The lowest BCUT2D eigenvalue weighted by atomic mass is 10.0. The molecule has 0 aliphatic rings. The van der Waals surface area contributed by atoms with E-state index in [1.54, 1.807) is 79.0 Å². The third kappa shape index (κ3) is 10.9. The van der Waals surface area contributed by atoms with E-state index in [4.69, 9.17) is 5.73 Å². The van der Waals surface area contributed by atoms with Crippen LogP contribution in [0.2, 0.25) is 0 Å². The summed E-state index contributed by atoms with van der Waals surface area (Å²) in [6.07, 6.45) is 2.21. The van der Waals surface area contributed by atoms with Gasteiger partial charge in [0.25, 0.3) is 0 Å². The Bertz CT molecular complexity index is 2000. The maximum atomic E-state index is 14.0. The first kappa shape index (κ1) is 38.0. The van der Waals surface area contributed by atoms with Crippen LogP contribution in [0.5, 0.6) is 0 Å². The molecule has 0 fully saturated rings. The number of aliphatic carboxylic acids is 1. The second kappa shape index (κ2) is 18.3. The van der Waals surface area contributed by atoms with Crippen molar-refractivity contribution >= 4 is 40.5 Å². The van der Waals surface area contributed by atoms with Crippen molar-refractivity contribution in [3.05, 3.63) is 144 Å². The molecule has 5 rings (SSSR count). The van der Waals surface area contributed by atoms with Gasteiger partial charge in [0, 0.05) is 36.4 Å². The molecule has 12 heteroatoms. The number of para-hydroxylation sites is 1. The number of benzene rings is 4. The van der Waals surface area contributed by atoms with E-state index in [1.807, 2.05) is 42.5 Å². The molecule has 0 unspecified atom stereocenters. The van der Waals surface area contributed by atoms with Crippen molar-refractivity contribution < 1.29 is 29.1 Å². The quantitative estimate of drug-likeness (QED) is 0.0769. The molecule has 8 N–H and O–H groups in total. The molecule has 53 heavy (non-hydrogen) atoms. The summed E-state index contributed by atoms with van der Waals surface area (Å²) >= 11 is 0. The van der Waals surface area contributed by atoms with Crippen LogP contribution in [0, 0.1) is 0 Å². The van der Waals surface area contributed by atoms with E-state index < -0.39 is 59.8 Å². The molecular formula is C41H44N6O6. The number of hydrogen-bond donors (Lipinski definition) is 7. The van der Waals surface area contributed by atoms with Gasteiger partial charge >= 0.3 is 5.97 Å². The van der Waals surface area contributed by atoms with Crippen LogP contribution in [0.4, 0.5) is 0 Å². The number of fused-ring (bicyclic) bond motifs is 1. The number of hydrogen-bond acceptors (Lipinski definition) is 6. The Morgan fingerprint density at radius 2 is 1.00 bits per heavy atom. The summed E-state index contributed by atoms with van der Waals surface area (Å²) in [5, 5.41) is 21.7. The van der Waals surface area contributed by atoms with E-state index in [0.717, 1.165) is 33.2 Å². The fraction of sp³-hybridized carbons (Fsp3) is 0.244. The minimum absolute atomic E-state index is 0.0374. The molecule has 0 spiro atoms. The lowest BCUT2D eigenvalue weighted by Crippen LogP contribution is -2.59. The van der Waals surface area contributed by atoms with E-state index in [9.17, 15) is 29.1 Å². The molecule has 0 saturated heterocycles. The minimum Gasteiger partial charge on any atom is -0.480 e. The Balaban J connectivity index is 1.29. The molecule has 0 bridgehead atoms. The Labute approximate surface area is 307 Å². The number of H-pyrrole nitrogens is 1. The van der Waals surface area contributed by atoms with E-state index in [-0.39, 0.29) is 25.7 Å². The van der Waals surface area contributed by atoms with Gasteiger partial charge in [0.05, 0.1) is 6.04 Å². The van der Waals surface area contributed by atoms with Crippen LogP contribution in [0.3, 0.4) is 0 Å². The van der Waals surface area contributed by atoms with E-state index in [2.05, 4.69) is 26.3 Å². The van der Waals surface area contributed by atoms with Crippen LogP contribution in [-0.2, 0) is 49.7 Å². The number of rotatable bonds is 17. The summed E-state index contributed by atoms with van der Waals surface area (Å²) in [6.45, 7) is 1.49. The standard InChI is InChI=1S/C41H44N6O6/c1-26(44-38(49)32(42)24-30-25-43-33-20-12-11-19-31(30)33)37(48)45-34(21-27-13-5-2-6-14-27)39(50)46-35(22-28-15-7-3-8-16-28)40(51)47-36(41(52)53)23-29-17-9-4-10-18-29/h2-20,25-26,32,34-36,43H,21-24,42H2,1H3,(H,44,49)(H,45,48)(H,46,50)(H,47,51)(H,52,53)/t26-,32-,34-,35-,36-/m1/s1. The van der Waals surface area contributed by atoms with Gasteiger partial charge in [-0.25, -0.2) is 4.79 Å². The van der Waals surface area contributed by atoms with Gasteiger partial charge < -0.3 is 37.1 Å². The van der Waals surface area contributed by atoms with Crippen LogP contribution >= 0.6 is 0 Å². The molecule has 0 aliphatic heterocycles. The molecule has 4 amide bonds. The van der Waals surface area contributed by atoms with Crippen LogP contribution in [-0.4, -0.2) is 69.9 Å². The Hall–Kier alpha value is -6.27. The highest BCUT2D eigenvalue weighted by molar-refractivity contribution is 5.96. The Morgan fingerprint density at radius 3 is 1.51 bits per heavy atom. The molecule has 5 aromatic rings. The van der Waals surface area contributed by atoms with Gasteiger partial charge in [0.15, 0.2) is 0 Å². The Kier molecular flexibility index (Phi) is 13.1. The van der Waals surface area contributed by atoms with Gasteiger partial charge in [0.2, 0.25) is 23.6 Å². The number of amides is 4. The van der Waals surface area contributed by atoms with Crippen LogP contribution in [0.25, 0.3) is 10.9 Å². The van der Waals surface area contributed by atoms with E-state index in [0.29, 0.717) is 0 Å². The second-order valence-electron chi connectivity index (χ2n) is 13.0. The topological polar surface area (TPSA) is 196 Å². The van der Waals surface area contributed by atoms with Crippen molar-refractivity contribution in [1.82, 2.24) is 26.3 Å². The molecule has 4 aromatic carbocycles. The first-order chi connectivity index (χ1) is 25.6. The highest BCUT2D eigenvalue weighted by Crippen LogP contribution is 2.19. The average Bonchev–Trinajstić information content (AvgIpc) is 3.57. The highest BCUT2D eigenvalue weighted by atomic mass is 16.4. The Morgan fingerprint density at radius 1 is 0.566 bits per heavy atom. The third-order valence-corrected chi connectivity index (χ3v) is 8.93. The maximum Gasteiger partial charge on any atom is 0.326 e. The van der Waals surface area contributed by atoms with E-state index in [1.165, 1.54) is 6.92 Å². The number of nitrogens with one attached hydrogen (secondary N) is 5. The molecule has 1 aromatic heterocycles. The SMILES string of the molecule is C[C@@H](NC(=O)[C@H](N)Cc1c[nH]c2ccccc12)C(=O)N[C@H](Cc1ccccc1)C(=O)N[C@H](Cc1ccccc1)C(=O)N[C@H](Cc1ccccc1)C(=O)O. The van der Waals surface area contributed by atoms with Gasteiger partial charge in [-0.05, 0) is 41.7 Å². The largest absolute Gasteiger partial charge is 0.480 e. The highest BCUT2D eigenvalue weighted by Gasteiger charge is 2.31. The van der Waals surface area contributed by atoms with Crippen molar-refractivity contribution in [2.45, 2.75) is 62.8 Å². The first-order valence-corrected chi connectivity index (χ1v) is 17.4. The fourth-order valence-electron chi connectivity index (χ4n) is 6.03. The van der Waals surface area contributed by atoms with Gasteiger partial charge in [-0.2, -0.15) is 0 Å². The third-order valence-electron chi connectivity index (χ3n) is 8.93. The van der Waals surface area contributed by atoms with Crippen LogP contribution < -0.4 is 27.0 Å². The zero-order valence-corrected chi connectivity index (χ0v) is 29.3. The predicted molar refractivity (Wildman–Crippen MR) is 201 cm³/mol. The molecule has 0 saturated carbocycles. The summed E-state index contributed by atoms with van der Waals surface area (Å²) in [5.74, 6) is -3.75. The van der Waals surface area contributed by atoms with Gasteiger partial charge in [-0.15, -0.1) is 0 Å². The summed E-state index contributed by atoms with van der Waals surface area (Å²) in [4.78, 5) is 69.7. The van der Waals surface area contributed by atoms with Crippen LogP contribution in [0.15, 0.2) is 121 Å². The van der Waals surface area contributed by atoms with Gasteiger partial charge in [-0.3, -0.25) is 19.2 Å². The summed E-state index contributed by atoms with van der Waals surface area (Å²) in [5.41, 5.74) is 10.2. The first-order valence-electron chi connectivity index (χ1n) is 17.4. The lowest BCUT2D eigenvalue weighted by molar-refractivity contribution is -0.142. The number of nitrogens with two attached hydrogens (primary N) is 1. The van der Waals surface area contributed by atoms with Gasteiger partial charge in [-0.1, -0.05) is 109 Å². The molecule has 12 nitrogen and oxygen atoms in total. The van der Waals surface area contributed by atoms with Crippen molar-refractivity contribution in [1.29, 1.82) is 0 Å².